The zero-order valence-electron chi connectivity index (χ0n) is 27.4. The minimum atomic E-state index is 0.930. The molecule has 3 heteroatoms. The molecule has 0 amide bonds. The van der Waals surface area contributed by atoms with E-state index in [1.165, 1.54) is 69.7 Å². The number of hydrogen-bond donors (Lipinski definition) is 0. The van der Waals surface area contributed by atoms with Crippen LogP contribution in [0.5, 0.6) is 0 Å². The van der Waals surface area contributed by atoms with Gasteiger partial charge in [-0.15, -0.1) is 5.92 Å². The third-order valence-electron chi connectivity index (χ3n) is 7.53. The molecule has 232 valence electrons. The number of benzene rings is 2. The second kappa shape index (κ2) is 21.4. The van der Waals surface area contributed by atoms with Crippen LogP contribution >= 0.6 is 0 Å². The quantitative estimate of drug-likeness (QED) is 0.0699. The fourth-order valence-electron chi connectivity index (χ4n) is 5.05. The molecule has 2 aromatic carbocycles. The van der Waals surface area contributed by atoms with E-state index < -0.39 is 0 Å². The Morgan fingerprint density at radius 1 is 0.643 bits per heavy atom. The zero-order valence-corrected chi connectivity index (χ0v) is 29.0. The van der Waals surface area contributed by atoms with Crippen molar-refractivity contribution >= 4 is 11.4 Å². The third-order valence-corrected chi connectivity index (χ3v) is 9.72. The SMILES string of the molecule is CC#Cc1cccc(C2=C(CCCC)C(CCCC)=C(c3ccc(CCCC)cc3)[N+]2=[N-])c1.CCC[CH2][Pd][CH2]CCC. The molecule has 2 nitrogen and oxygen atoms in total. The molecule has 0 aliphatic carbocycles. The van der Waals surface area contributed by atoms with Crippen molar-refractivity contribution in [1.82, 2.24) is 0 Å². The van der Waals surface area contributed by atoms with Gasteiger partial charge in [-0.1, -0.05) is 64.2 Å². The first-order valence-electron chi connectivity index (χ1n) is 16.6. The van der Waals surface area contributed by atoms with Crippen LogP contribution in [-0.2, 0) is 24.4 Å². The molecule has 0 saturated carbocycles. The first kappa shape index (κ1) is 35.9. The van der Waals surface area contributed by atoms with Gasteiger partial charge in [0.15, 0.2) is 0 Å². The number of aryl methyl sites for hydroxylation is 1. The van der Waals surface area contributed by atoms with Gasteiger partial charge in [0.1, 0.15) is 0 Å². The van der Waals surface area contributed by atoms with Crippen LogP contribution in [0.3, 0.4) is 0 Å². The first-order chi connectivity index (χ1) is 20.6. The van der Waals surface area contributed by atoms with Gasteiger partial charge in [-0.05, 0) is 81.3 Å². The van der Waals surface area contributed by atoms with E-state index in [9.17, 15) is 5.53 Å². The predicted octanol–water partition coefficient (Wildman–Crippen LogP) is 12.5. The summed E-state index contributed by atoms with van der Waals surface area (Å²) >= 11 is 1.07. The Hall–Kier alpha value is -2.26. The molecule has 0 aromatic heterocycles. The molecule has 2 aromatic rings. The van der Waals surface area contributed by atoms with Crippen molar-refractivity contribution in [3.05, 3.63) is 87.5 Å². The van der Waals surface area contributed by atoms with E-state index in [-0.39, 0.29) is 0 Å². The van der Waals surface area contributed by atoms with Gasteiger partial charge in [-0.25, -0.2) is 4.70 Å². The van der Waals surface area contributed by atoms with Crippen LogP contribution in [0, 0.1) is 11.8 Å². The number of unbranched alkanes of at least 4 members (excludes halogenated alkanes) is 5. The molecule has 0 spiro atoms. The second-order valence-electron chi connectivity index (χ2n) is 11.1. The van der Waals surface area contributed by atoms with Crippen LogP contribution in [0.4, 0.5) is 0 Å². The summed E-state index contributed by atoms with van der Waals surface area (Å²) in [5.74, 6) is 6.17. The van der Waals surface area contributed by atoms with Crippen molar-refractivity contribution in [3.8, 4) is 11.8 Å². The monoisotopic (exact) mass is 658 g/mol. The molecule has 0 radical (unpaired) electrons. The Kier molecular flexibility index (Phi) is 18.3. The van der Waals surface area contributed by atoms with Crippen LogP contribution in [-0.4, -0.2) is 4.70 Å². The van der Waals surface area contributed by atoms with E-state index in [1.807, 2.05) is 19.1 Å². The number of rotatable bonds is 17. The molecule has 42 heavy (non-hydrogen) atoms. The van der Waals surface area contributed by atoms with Gasteiger partial charge >= 0.3 is 67.3 Å². The molecule has 1 aliphatic heterocycles. The maximum absolute atomic E-state index is 11.6. The minimum absolute atomic E-state index is 0.930. The summed E-state index contributed by atoms with van der Waals surface area (Å²) in [6.07, 6.45) is 15.6. The number of hydrogen-bond acceptors (Lipinski definition) is 0. The van der Waals surface area contributed by atoms with E-state index in [2.05, 4.69) is 82.9 Å². The van der Waals surface area contributed by atoms with Gasteiger partial charge < -0.3 is 5.53 Å². The normalized spacial score (nSPS) is 12.9. The molecule has 0 saturated heterocycles. The molecule has 1 aliphatic rings. The average Bonchev–Trinajstić information content (AvgIpc) is 3.29. The van der Waals surface area contributed by atoms with Gasteiger partial charge in [-0.2, -0.15) is 0 Å². The van der Waals surface area contributed by atoms with Crippen molar-refractivity contribution in [2.75, 3.05) is 0 Å². The van der Waals surface area contributed by atoms with Crippen molar-refractivity contribution in [1.29, 1.82) is 0 Å². The molecule has 0 N–H and O–H groups in total. The zero-order chi connectivity index (χ0) is 30.6. The molecular formula is C39H56N2Pd. The van der Waals surface area contributed by atoms with Crippen LogP contribution in [0.25, 0.3) is 16.9 Å². The third kappa shape index (κ3) is 11.4. The topological polar surface area (TPSA) is 25.3 Å². The Bertz CT molecular complexity index is 1200. The van der Waals surface area contributed by atoms with Crippen molar-refractivity contribution in [3.63, 3.8) is 0 Å². The summed E-state index contributed by atoms with van der Waals surface area (Å²) in [6.45, 7) is 13.1. The predicted molar refractivity (Wildman–Crippen MR) is 180 cm³/mol. The van der Waals surface area contributed by atoms with Crippen LogP contribution in [0.15, 0.2) is 59.7 Å². The average molecular weight is 659 g/mol. The standard InChI is InChI=1S/C31H38N2.2C4H9.Pd/c1-5-9-14-24-19-21-26(22-20-24)30-28(17-10-6-2)29(18-11-7-3)31(33(30)32)27-16-12-15-25(23-27)13-8-4;2*1-3-4-2;/h12,15-16,19-23H,5-7,9-11,14,17-18H2,1-4H3;2*1,3-4H2,2H3;. The second-order valence-corrected chi connectivity index (χ2v) is 13.4. The van der Waals surface area contributed by atoms with Gasteiger partial charge in [0.25, 0.3) is 0 Å². The molecule has 0 bridgehead atoms. The van der Waals surface area contributed by atoms with Gasteiger partial charge in [0, 0.05) is 27.8 Å². The summed E-state index contributed by atoms with van der Waals surface area (Å²) < 4.78 is 1.47. The van der Waals surface area contributed by atoms with Gasteiger partial charge in [-0.3, -0.25) is 0 Å². The van der Waals surface area contributed by atoms with E-state index in [1.54, 1.807) is 0 Å². The summed E-state index contributed by atoms with van der Waals surface area (Å²) in [7, 11) is 0. The van der Waals surface area contributed by atoms with Crippen molar-refractivity contribution in [2.45, 2.75) is 135 Å². The Morgan fingerprint density at radius 3 is 1.69 bits per heavy atom. The fourth-order valence-corrected chi connectivity index (χ4v) is 7.32. The molecule has 3 rings (SSSR count). The first-order valence-corrected chi connectivity index (χ1v) is 18.8. The van der Waals surface area contributed by atoms with Crippen LogP contribution in [0.1, 0.15) is 141 Å². The summed E-state index contributed by atoms with van der Waals surface area (Å²) in [5, 5.41) is 0. The summed E-state index contributed by atoms with van der Waals surface area (Å²) in [4.78, 5) is 3.01. The summed E-state index contributed by atoms with van der Waals surface area (Å²) in [6, 6.07) is 17.1. The van der Waals surface area contributed by atoms with Crippen LogP contribution < -0.4 is 0 Å². The Balaban J connectivity index is 0.000000592. The van der Waals surface area contributed by atoms with Gasteiger partial charge in [0.05, 0.1) is 0 Å². The fraction of sp³-hybridized carbons (Fsp3) is 0.538. The van der Waals surface area contributed by atoms with E-state index in [4.69, 9.17) is 0 Å². The van der Waals surface area contributed by atoms with Gasteiger partial charge in [0.2, 0.25) is 11.4 Å². The van der Waals surface area contributed by atoms with Crippen LogP contribution in [0.2, 0.25) is 9.79 Å². The number of nitrogens with zero attached hydrogens (tertiary/aromatic N) is 2. The number of allylic oxidation sites excluding steroid dienone is 2. The molecule has 0 unspecified atom stereocenters. The van der Waals surface area contributed by atoms with Crippen molar-refractivity contribution < 1.29 is 22.7 Å². The molecule has 0 atom stereocenters. The van der Waals surface area contributed by atoms with Crippen molar-refractivity contribution in [2.24, 2.45) is 0 Å². The van der Waals surface area contributed by atoms with E-state index >= 15 is 0 Å². The molecule has 1 heterocycles. The van der Waals surface area contributed by atoms with E-state index in [0.717, 1.165) is 91.0 Å². The molecular weight excluding hydrogens is 603 g/mol. The summed E-state index contributed by atoms with van der Waals surface area (Å²) in [5.41, 5.74) is 20.6. The Morgan fingerprint density at radius 2 is 1.17 bits per heavy atom. The van der Waals surface area contributed by atoms with E-state index in [0.29, 0.717) is 0 Å². The Labute approximate surface area is 267 Å². The maximum atomic E-state index is 11.6. The molecule has 0 fully saturated rings.